The molecular weight excluding hydrogens is 244 g/mol. The maximum absolute atomic E-state index is 12.1. The number of ether oxygens (including phenoxy) is 1. The number of nitrogens with zero attached hydrogens (tertiary/aromatic N) is 2. The Morgan fingerprint density at radius 2 is 2.11 bits per heavy atom. The van der Waals surface area contributed by atoms with Gasteiger partial charge in [-0.15, -0.1) is 0 Å². The summed E-state index contributed by atoms with van der Waals surface area (Å²) in [6.07, 6.45) is 4.77. The van der Waals surface area contributed by atoms with Gasteiger partial charge < -0.3 is 9.64 Å². The van der Waals surface area contributed by atoms with Gasteiger partial charge in [0.15, 0.2) is 0 Å². The van der Waals surface area contributed by atoms with Crippen LogP contribution in [0.1, 0.15) is 32.1 Å². The lowest BCUT2D eigenvalue weighted by molar-refractivity contribution is -0.135. The van der Waals surface area contributed by atoms with Crippen LogP contribution in [0, 0.1) is 0 Å². The fourth-order valence-electron chi connectivity index (χ4n) is 2.70. The molecule has 1 atom stereocenters. The molecule has 0 bridgehead atoms. The van der Waals surface area contributed by atoms with Gasteiger partial charge in [0.25, 0.3) is 0 Å². The molecule has 2 fully saturated rings. The predicted octanol–water partition coefficient (Wildman–Crippen LogP) is 0.679. The Balaban J connectivity index is 1.70. The first kappa shape index (κ1) is 14.5. The van der Waals surface area contributed by atoms with Gasteiger partial charge in [0.1, 0.15) is 5.78 Å². The van der Waals surface area contributed by atoms with E-state index in [-0.39, 0.29) is 17.8 Å². The molecule has 0 aliphatic carbocycles. The average Bonchev–Trinajstić information content (AvgIpc) is 2.40. The first-order valence-electron chi connectivity index (χ1n) is 7.25. The molecule has 0 aromatic heterocycles. The fraction of sp³-hybridized carbons (Fsp3) is 0.857. The lowest BCUT2D eigenvalue weighted by Gasteiger charge is -2.30. The van der Waals surface area contributed by atoms with Gasteiger partial charge in [-0.2, -0.15) is 0 Å². The van der Waals surface area contributed by atoms with Crippen molar-refractivity contribution in [3.8, 4) is 0 Å². The molecule has 1 amide bonds. The Morgan fingerprint density at radius 1 is 1.37 bits per heavy atom. The van der Waals surface area contributed by atoms with Gasteiger partial charge in [-0.25, -0.2) is 0 Å². The Kier molecular flexibility index (Phi) is 5.34. The molecule has 0 spiro atoms. The van der Waals surface area contributed by atoms with Gasteiger partial charge in [-0.3, -0.25) is 14.5 Å². The third-order valence-corrected chi connectivity index (χ3v) is 3.87. The summed E-state index contributed by atoms with van der Waals surface area (Å²) in [4.78, 5) is 27.1. The van der Waals surface area contributed by atoms with Gasteiger partial charge in [-0.1, -0.05) is 0 Å². The van der Waals surface area contributed by atoms with Gasteiger partial charge >= 0.3 is 0 Å². The highest BCUT2D eigenvalue weighted by molar-refractivity contribution is 5.84. The summed E-state index contributed by atoms with van der Waals surface area (Å²) in [5.41, 5.74) is 0. The predicted molar refractivity (Wildman–Crippen MR) is 71.9 cm³/mol. The number of hydrogen-bond donors (Lipinski definition) is 0. The number of likely N-dealkylation sites (tertiary alicyclic amines) is 1. The first-order valence-corrected chi connectivity index (χ1v) is 7.25. The minimum Gasteiger partial charge on any atom is -0.377 e. The maximum atomic E-state index is 12.1. The quantitative estimate of drug-likeness (QED) is 0.752. The Labute approximate surface area is 114 Å². The number of likely N-dealkylation sites (N-methyl/N-ethyl adjacent to an activating group) is 1. The van der Waals surface area contributed by atoms with Crippen LogP contribution in [0.15, 0.2) is 0 Å². The molecule has 2 heterocycles. The third kappa shape index (κ3) is 4.58. The van der Waals surface area contributed by atoms with E-state index in [2.05, 4.69) is 0 Å². The summed E-state index contributed by atoms with van der Waals surface area (Å²) in [7, 11) is 1.96. The van der Waals surface area contributed by atoms with E-state index in [0.29, 0.717) is 32.5 Å². The lowest BCUT2D eigenvalue weighted by atomic mass is 10.1. The zero-order chi connectivity index (χ0) is 13.7. The molecule has 2 aliphatic rings. The van der Waals surface area contributed by atoms with Crippen LogP contribution in [-0.4, -0.2) is 67.4 Å². The summed E-state index contributed by atoms with van der Waals surface area (Å²) in [5.74, 6) is 0.402. The Bertz CT molecular complexity index is 317. The van der Waals surface area contributed by atoms with Crippen molar-refractivity contribution in [2.75, 3.05) is 39.8 Å². The molecule has 2 saturated heterocycles. The van der Waals surface area contributed by atoms with Crippen LogP contribution in [0.2, 0.25) is 0 Å². The summed E-state index contributed by atoms with van der Waals surface area (Å²) in [6, 6.07) is 0. The minimum absolute atomic E-state index is 0.130. The second-order valence-corrected chi connectivity index (χ2v) is 5.60. The number of carbonyl (C=O) groups is 2. The molecule has 5 heteroatoms. The van der Waals surface area contributed by atoms with E-state index in [0.717, 1.165) is 26.0 Å². The first-order chi connectivity index (χ1) is 9.15. The standard InChI is InChI=1S/C14H24N2O3/c1-15(10-13-4-2-3-9-19-13)11-14(18)16-7-5-12(17)6-8-16/h13H,2-11H2,1H3. The van der Waals surface area contributed by atoms with E-state index in [9.17, 15) is 9.59 Å². The minimum atomic E-state index is 0.130. The highest BCUT2D eigenvalue weighted by Gasteiger charge is 2.23. The second-order valence-electron chi connectivity index (χ2n) is 5.60. The van der Waals surface area contributed by atoms with Crippen molar-refractivity contribution in [2.24, 2.45) is 0 Å². The number of Topliss-reactive ketones (excluding diaryl/α,β-unsaturated/α-hetero) is 1. The zero-order valence-electron chi connectivity index (χ0n) is 11.8. The molecule has 0 aromatic carbocycles. The molecule has 1 unspecified atom stereocenters. The van der Waals surface area contributed by atoms with Crippen LogP contribution in [0.25, 0.3) is 0 Å². The van der Waals surface area contributed by atoms with Crippen LogP contribution in [0.3, 0.4) is 0 Å². The molecule has 0 saturated carbocycles. The number of piperidine rings is 1. The summed E-state index contributed by atoms with van der Waals surface area (Å²) in [6.45, 7) is 3.27. The van der Waals surface area contributed by atoms with Gasteiger partial charge in [0.2, 0.25) is 5.91 Å². The van der Waals surface area contributed by atoms with E-state index >= 15 is 0 Å². The van der Waals surface area contributed by atoms with Gasteiger partial charge in [-0.05, 0) is 26.3 Å². The highest BCUT2D eigenvalue weighted by Crippen LogP contribution is 2.13. The van der Waals surface area contributed by atoms with Crippen molar-refractivity contribution in [3.05, 3.63) is 0 Å². The third-order valence-electron chi connectivity index (χ3n) is 3.87. The average molecular weight is 268 g/mol. The largest absolute Gasteiger partial charge is 0.377 e. The van der Waals surface area contributed by atoms with Crippen molar-refractivity contribution in [2.45, 2.75) is 38.2 Å². The fourth-order valence-corrected chi connectivity index (χ4v) is 2.70. The van der Waals surface area contributed by atoms with E-state index in [4.69, 9.17) is 4.74 Å². The van der Waals surface area contributed by atoms with E-state index in [1.807, 2.05) is 11.9 Å². The highest BCUT2D eigenvalue weighted by atomic mass is 16.5. The Hall–Kier alpha value is -0.940. The Morgan fingerprint density at radius 3 is 2.74 bits per heavy atom. The van der Waals surface area contributed by atoms with Gasteiger partial charge in [0, 0.05) is 39.1 Å². The second kappa shape index (κ2) is 7.01. The molecule has 108 valence electrons. The van der Waals surface area contributed by atoms with Crippen molar-refractivity contribution < 1.29 is 14.3 Å². The lowest BCUT2D eigenvalue weighted by Crippen LogP contribution is -2.45. The van der Waals surface area contributed by atoms with Crippen molar-refractivity contribution in [3.63, 3.8) is 0 Å². The van der Waals surface area contributed by atoms with Crippen molar-refractivity contribution in [1.29, 1.82) is 0 Å². The molecular formula is C14H24N2O3. The topological polar surface area (TPSA) is 49.9 Å². The van der Waals surface area contributed by atoms with Crippen molar-refractivity contribution >= 4 is 11.7 Å². The number of hydrogen-bond acceptors (Lipinski definition) is 4. The maximum Gasteiger partial charge on any atom is 0.236 e. The molecule has 2 rings (SSSR count). The summed E-state index contributed by atoms with van der Waals surface area (Å²) < 4.78 is 5.68. The number of carbonyl (C=O) groups excluding carboxylic acids is 2. The SMILES string of the molecule is CN(CC(=O)N1CCC(=O)CC1)CC1CCCCO1. The van der Waals surface area contributed by atoms with Crippen LogP contribution in [0.4, 0.5) is 0 Å². The molecule has 0 aromatic rings. The number of ketones is 1. The number of rotatable bonds is 4. The molecule has 5 nitrogen and oxygen atoms in total. The van der Waals surface area contributed by atoms with Crippen LogP contribution in [0.5, 0.6) is 0 Å². The smallest absolute Gasteiger partial charge is 0.236 e. The van der Waals surface area contributed by atoms with Crippen LogP contribution in [-0.2, 0) is 14.3 Å². The molecule has 2 aliphatic heterocycles. The molecule has 0 radical (unpaired) electrons. The van der Waals surface area contributed by atoms with Gasteiger partial charge in [0.05, 0.1) is 12.6 Å². The summed E-state index contributed by atoms with van der Waals surface area (Å²) >= 11 is 0. The molecule has 19 heavy (non-hydrogen) atoms. The normalized spacial score (nSPS) is 24.8. The van der Waals surface area contributed by atoms with Crippen LogP contribution < -0.4 is 0 Å². The van der Waals surface area contributed by atoms with E-state index in [1.165, 1.54) is 6.42 Å². The van der Waals surface area contributed by atoms with Crippen molar-refractivity contribution in [1.82, 2.24) is 9.80 Å². The molecule has 0 N–H and O–H groups in total. The number of amides is 1. The summed E-state index contributed by atoms with van der Waals surface area (Å²) in [5, 5.41) is 0. The van der Waals surface area contributed by atoms with E-state index < -0.39 is 0 Å². The zero-order valence-corrected chi connectivity index (χ0v) is 11.8. The van der Waals surface area contributed by atoms with E-state index in [1.54, 1.807) is 4.90 Å². The van der Waals surface area contributed by atoms with Crippen LogP contribution >= 0.6 is 0 Å². The monoisotopic (exact) mass is 268 g/mol.